The molecule has 2 atom stereocenters. The SMILES string of the molecule is CCOc1ccccc1C1(C2CN(c3ccc(C#N)cn3)CCN2C(=O)O)C(=O)N(S(=O)(=O)c2ccccc2F)c2ccc(C#N)cc21. The molecule has 48 heavy (non-hydrogen) atoms. The normalized spacial score (nSPS) is 19.0. The summed E-state index contributed by atoms with van der Waals surface area (Å²) >= 11 is 0. The van der Waals surface area contributed by atoms with Crippen LogP contribution in [0.3, 0.4) is 0 Å². The van der Waals surface area contributed by atoms with Gasteiger partial charge in [0.2, 0.25) is 0 Å². The quantitative estimate of drug-likeness (QED) is 0.301. The Hall–Kier alpha value is -5.99. The number of carboxylic acid groups (broad SMARTS) is 1. The van der Waals surface area contributed by atoms with Crippen molar-refractivity contribution in [3.63, 3.8) is 0 Å². The van der Waals surface area contributed by atoms with Gasteiger partial charge in [-0.25, -0.2) is 26.9 Å². The first-order chi connectivity index (χ1) is 23.1. The minimum atomic E-state index is -4.94. The third kappa shape index (κ3) is 4.94. The molecule has 0 saturated carbocycles. The Balaban J connectivity index is 1.68. The number of anilines is 2. The molecule has 242 valence electrons. The number of carbonyl (C=O) groups is 2. The number of sulfonamides is 1. The van der Waals surface area contributed by atoms with Crippen LogP contribution in [0, 0.1) is 28.5 Å². The van der Waals surface area contributed by atoms with E-state index < -0.39 is 44.2 Å². The summed E-state index contributed by atoms with van der Waals surface area (Å²) in [4.78, 5) is 34.8. The van der Waals surface area contributed by atoms with Crippen LogP contribution in [-0.2, 0) is 20.2 Å². The molecule has 2 unspecified atom stereocenters. The molecule has 1 N–H and O–H groups in total. The molecular formula is C34H27FN6O6S. The van der Waals surface area contributed by atoms with Gasteiger partial charge in [-0.1, -0.05) is 30.3 Å². The lowest BCUT2D eigenvalue weighted by Crippen LogP contribution is -2.66. The molecule has 1 saturated heterocycles. The molecule has 6 rings (SSSR count). The number of nitriles is 2. The first-order valence-corrected chi connectivity index (χ1v) is 16.3. The van der Waals surface area contributed by atoms with Gasteiger partial charge in [-0.15, -0.1) is 0 Å². The van der Waals surface area contributed by atoms with Crippen molar-refractivity contribution >= 4 is 33.5 Å². The highest BCUT2D eigenvalue weighted by atomic mass is 32.2. The third-order valence-corrected chi connectivity index (χ3v) is 10.3. The molecule has 2 amide bonds. The van der Waals surface area contributed by atoms with Crippen LogP contribution in [0.25, 0.3) is 0 Å². The number of hydrogen-bond acceptors (Lipinski definition) is 9. The number of fused-ring (bicyclic) bond motifs is 1. The van der Waals surface area contributed by atoms with Crippen molar-refractivity contribution in [3.8, 4) is 17.9 Å². The highest BCUT2D eigenvalue weighted by Crippen LogP contribution is 2.54. The van der Waals surface area contributed by atoms with E-state index in [1.165, 1.54) is 36.5 Å². The predicted octanol–water partition coefficient (Wildman–Crippen LogP) is 4.25. The molecule has 3 heterocycles. The lowest BCUT2D eigenvalue weighted by Gasteiger charge is -2.48. The van der Waals surface area contributed by atoms with Gasteiger partial charge in [-0.2, -0.15) is 10.5 Å². The van der Waals surface area contributed by atoms with Gasteiger partial charge in [0.25, 0.3) is 15.9 Å². The van der Waals surface area contributed by atoms with E-state index in [-0.39, 0.29) is 54.4 Å². The van der Waals surface area contributed by atoms with Crippen LogP contribution in [0.5, 0.6) is 5.75 Å². The van der Waals surface area contributed by atoms with Crippen molar-refractivity contribution in [2.24, 2.45) is 0 Å². The molecule has 3 aromatic carbocycles. The van der Waals surface area contributed by atoms with E-state index in [9.17, 15) is 28.8 Å². The first kappa shape index (κ1) is 32.0. The largest absolute Gasteiger partial charge is 0.494 e. The lowest BCUT2D eigenvalue weighted by molar-refractivity contribution is -0.122. The van der Waals surface area contributed by atoms with Crippen molar-refractivity contribution in [3.05, 3.63) is 113 Å². The second-order valence-corrected chi connectivity index (χ2v) is 12.8. The Morgan fingerprint density at radius 3 is 2.40 bits per heavy atom. The van der Waals surface area contributed by atoms with Gasteiger partial charge in [-0.3, -0.25) is 4.79 Å². The molecule has 4 aromatic rings. The van der Waals surface area contributed by atoms with Crippen LogP contribution in [0.1, 0.15) is 29.2 Å². The Bertz CT molecular complexity index is 2130. The Labute approximate surface area is 275 Å². The monoisotopic (exact) mass is 666 g/mol. The average molecular weight is 667 g/mol. The molecular weight excluding hydrogens is 639 g/mol. The van der Waals surface area contributed by atoms with Crippen LogP contribution in [0.2, 0.25) is 0 Å². The van der Waals surface area contributed by atoms with Gasteiger partial charge in [0.1, 0.15) is 33.8 Å². The average Bonchev–Trinajstić information content (AvgIpc) is 3.36. The van der Waals surface area contributed by atoms with E-state index in [4.69, 9.17) is 4.74 Å². The summed E-state index contributed by atoms with van der Waals surface area (Å²) in [6, 6.07) is 20.9. The third-order valence-electron chi connectivity index (χ3n) is 8.58. The standard InChI is InChI=1S/C34H27FN6O6S/c1-2-47-28-9-5-3-7-24(28)34(30-21-39(15-16-40(30)33(43)44)31-14-12-23(19-37)20-38-31)25-17-22(18-36)11-13-27(25)41(32(34)42)48(45,46)29-10-6-4-8-26(29)35/h3-14,17,20,30H,2,15-16,21H2,1H3,(H,43,44). The summed E-state index contributed by atoms with van der Waals surface area (Å²) in [5.74, 6) is -1.58. The van der Waals surface area contributed by atoms with E-state index in [2.05, 4.69) is 4.98 Å². The highest BCUT2D eigenvalue weighted by Gasteiger charge is 2.64. The summed E-state index contributed by atoms with van der Waals surface area (Å²) in [7, 11) is -4.94. The number of piperazine rings is 1. The zero-order valence-corrected chi connectivity index (χ0v) is 26.3. The summed E-state index contributed by atoms with van der Waals surface area (Å²) < 4.78 is 50.3. The summed E-state index contributed by atoms with van der Waals surface area (Å²) in [5, 5.41) is 29.8. The van der Waals surface area contributed by atoms with Crippen LogP contribution >= 0.6 is 0 Å². The Kier molecular flexibility index (Phi) is 8.20. The van der Waals surface area contributed by atoms with Crippen molar-refractivity contribution in [1.29, 1.82) is 10.5 Å². The fourth-order valence-electron chi connectivity index (χ4n) is 6.54. The van der Waals surface area contributed by atoms with E-state index >= 15 is 9.18 Å². The van der Waals surface area contributed by atoms with E-state index in [0.717, 1.165) is 17.0 Å². The van der Waals surface area contributed by atoms with Gasteiger partial charge in [0.15, 0.2) is 0 Å². The number of halogens is 1. The van der Waals surface area contributed by atoms with Crippen molar-refractivity contribution < 1.29 is 32.2 Å². The van der Waals surface area contributed by atoms with Gasteiger partial charge in [0.05, 0.1) is 35.5 Å². The molecule has 12 nitrogen and oxygen atoms in total. The Morgan fingerprint density at radius 1 is 1.02 bits per heavy atom. The van der Waals surface area contributed by atoms with Crippen molar-refractivity contribution in [2.75, 3.05) is 35.4 Å². The smallest absolute Gasteiger partial charge is 0.407 e. The van der Waals surface area contributed by atoms with Gasteiger partial charge >= 0.3 is 6.09 Å². The lowest BCUT2D eigenvalue weighted by atomic mass is 9.68. The minimum absolute atomic E-state index is 0.0319. The number of amides is 2. The molecule has 14 heteroatoms. The zero-order chi connectivity index (χ0) is 34.2. The number of hydrogen-bond donors (Lipinski definition) is 1. The highest BCUT2D eigenvalue weighted by molar-refractivity contribution is 7.93. The second-order valence-electron chi connectivity index (χ2n) is 11.0. The molecule has 0 aliphatic carbocycles. The number of benzene rings is 3. The molecule has 0 bridgehead atoms. The maximum absolute atomic E-state index is 15.4. The number of pyridine rings is 1. The molecule has 0 radical (unpaired) electrons. The van der Waals surface area contributed by atoms with E-state index in [0.29, 0.717) is 15.7 Å². The number of nitrogens with zero attached hydrogens (tertiary/aromatic N) is 6. The number of rotatable bonds is 7. The molecule has 1 fully saturated rings. The first-order valence-electron chi connectivity index (χ1n) is 14.8. The maximum atomic E-state index is 15.4. The maximum Gasteiger partial charge on any atom is 0.407 e. The van der Waals surface area contributed by atoms with Crippen LogP contribution in [0.15, 0.2) is 90.0 Å². The van der Waals surface area contributed by atoms with Crippen LogP contribution in [-0.4, -0.2) is 67.7 Å². The van der Waals surface area contributed by atoms with E-state index in [1.54, 1.807) is 48.2 Å². The fourth-order valence-corrected chi connectivity index (χ4v) is 8.08. The molecule has 1 aromatic heterocycles. The second kappa shape index (κ2) is 12.3. The number of aromatic nitrogens is 1. The summed E-state index contributed by atoms with van der Waals surface area (Å²) in [6.45, 7) is 1.74. The number of ether oxygens (including phenoxy) is 1. The molecule has 2 aliphatic heterocycles. The van der Waals surface area contributed by atoms with E-state index in [1.807, 2.05) is 12.1 Å². The van der Waals surface area contributed by atoms with Gasteiger partial charge in [-0.05, 0) is 55.5 Å². The van der Waals surface area contributed by atoms with Gasteiger partial charge in [0, 0.05) is 37.0 Å². The minimum Gasteiger partial charge on any atom is -0.494 e. The molecule has 2 aliphatic rings. The van der Waals surface area contributed by atoms with Crippen LogP contribution < -0.4 is 13.9 Å². The van der Waals surface area contributed by atoms with Crippen LogP contribution in [0.4, 0.5) is 20.7 Å². The van der Waals surface area contributed by atoms with Gasteiger partial charge < -0.3 is 19.6 Å². The fraction of sp³-hybridized carbons (Fsp3) is 0.206. The Morgan fingerprint density at radius 2 is 1.73 bits per heavy atom. The zero-order valence-electron chi connectivity index (χ0n) is 25.4. The number of para-hydroxylation sites is 1. The summed E-state index contributed by atoms with van der Waals surface area (Å²) in [5.41, 5.74) is -1.72. The topological polar surface area (TPSA) is 168 Å². The molecule has 0 spiro atoms. The number of carbonyl (C=O) groups excluding carboxylic acids is 1. The van der Waals surface area contributed by atoms with Crippen molar-refractivity contribution in [2.45, 2.75) is 23.3 Å². The predicted molar refractivity (Wildman–Crippen MR) is 170 cm³/mol. The van der Waals surface area contributed by atoms with Crippen molar-refractivity contribution in [1.82, 2.24) is 9.88 Å². The summed E-state index contributed by atoms with van der Waals surface area (Å²) in [6.07, 6.45) is -0.00617.